The van der Waals surface area contributed by atoms with E-state index in [9.17, 15) is 19.7 Å². The number of nitrogens with zero attached hydrogens (tertiary/aromatic N) is 2. The summed E-state index contributed by atoms with van der Waals surface area (Å²) in [6.45, 7) is 0.207. The number of aliphatic imine (C=N–C) groups is 1. The first-order valence-electron chi connectivity index (χ1n) is 6.55. The molecule has 0 bridgehead atoms. The third-order valence-electron chi connectivity index (χ3n) is 2.68. The summed E-state index contributed by atoms with van der Waals surface area (Å²) in [4.78, 5) is 36.7. The molecule has 118 valence electrons. The summed E-state index contributed by atoms with van der Waals surface area (Å²) < 4.78 is 0. The summed E-state index contributed by atoms with van der Waals surface area (Å²) in [6, 6.07) is 7.88. The number of nitrogens with two attached hydrogens (primary N) is 1. The van der Waals surface area contributed by atoms with E-state index < -0.39 is 11.1 Å². The number of guanidine groups is 1. The van der Waals surface area contributed by atoms with Crippen LogP contribution in [0.5, 0.6) is 0 Å². The van der Waals surface area contributed by atoms with Gasteiger partial charge in [-0.2, -0.15) is 0 Å². The molecule has 1 amide bonds. The van der Waals surface area contributed by atoms with Gasteiger partial charge in [0.05, 0.1) is 6.04 Å². The highest BCUT2D eigenvalue weighted by atomic mass is 16.7. The van der Waals surface area contributed by atoms with E-state index in [2.05, 4.69) is 10.3 Å². The van der Waals surface area contributed by atoms with Crippen molar-refractivity contribution in [1.82, 2.24) is 10.7 Å². The molecule has 1 rings (SSSR count). The smallest absolute Gasteiger partial charge is 0.251 e. The summed E-state index contributed by atoms with van der Waals surface area (Å²) in [7, 11) is 0. The van der Waals surface area contributed by atoms with E-state index >= 15 is 0 Å². The molecule has 0 aliphatic rings. The Morgan fingerprint density at radius 3 is 2.68 bits per heavy atom. The number of hydrogen-bond donors (Lipinski definition) is 3. The number of benzene rings is 1. The van der Waals surface area contributed by atoms with Crippen LogP contribution in [0.2, 0.25) is 0 Å². The zero-order valence-corrected chi connectivity index (χ0v) is 11.8. The molecule has 22 heavy (non-hydrogen) atoms. The van der Waals surface area contributed by atoms with Crippen LogP contribution in [-0.4, -0.2) is 35.8 Å². The average molecular weight is 307 g/mol. The number of nitrogens with one attached hydrogen (secondary N) is 2. The molecule has 1 unspecified atom stereocenters. The second kappa shape index (κ2) is 9.06. The number of aldehydes is 1. The van der Waals surface area contributed by atoms with Crippen LogP contribution in [0.3, 0.4) is 0 Å². The Morgan fingerprint density at radius 2 is 2.09 bits per heavy atom. The molecule has 1 aromatic rings. The van der Waals surface area contributed by atoms with Crippen molar-refractivity contribution in [1.29, 1.82) is 0 Å². The molecule has 0 radical (unpaired) electrons. The van der Waals surface area contributed by atoms with E-state index in [0.717, 1.165) is 0 Å². The first-order valence-corrected chi connectivity index (χ1v) is 6.55. The van der Waals surface area contributed by atoms with Gasteiger partial charge < -0.3 is 15.8 Å². The lowest BCUT2D eigenvalue weighted by Crippen LogP contribution is -2.37. The molecule has 0 spiro atoms. The maximum atomic E-state index is 11.9. The van der Waals surface area contributed by atoms with Crippen LogP contribution in [0.4, 0.5) is 0 Å². The van der Waals surface area contributed by atoms with Crippen molar-refractivity contribution in [2.45, 2.75) is 18.9 Å². The summed E-state index contributed by atoms with van der Waals surface area (Å²) in [6.07, 6.45) is 1.44. The number of hydrazine groups is 1. The molecule has 0 heterocycles. The van der Waals surface area contributed by atoms with Crippen molar-refractivity contribution in [3.05, 3.63) is 46.0 Å². The number of amides is 1. The van der Waals surface area contributed by atoms with Gasteiger partial charge in [0.15, 0.2) is 5.03 Å². The molecule has 0 saturated carbocycles. The van der Waals surface area contributed by atoms with Crippen molar-refractivity contribution in [3.8, 4) is 0 Å². The fourth-order valence-corrected chi connectivity index (χ4v) is 1.66. The number of carbonyl (C=O) groups excluding carboxylic acids is 2. The van der Waals surface area contributed by atoms with Gasteiger partial charge in [-0.05, 0) is 25.0 Å². The van der Waals surface area contributed by atoms with Crippen LogP contribution in [0.15, 0.2) is 35.3 Å². The SMILES string of the molecule is NC(=NCCCC(C=O)NC(=O)c1ccccc1)N[N+](=O)[O-]. The average Bonchev–Trinajstić information content (AvgIpc) is 2.50. The van der Waals surface area contributed by atoms with E-state index in [-0.39, 0.29) is 18.4 Å². The van der Waals surface area contributed by atoms with E-state index in [4.69, 9.17) is 5.73 Å². The zero-order valence-electron chi connectivity index (χ0n) is 11.8. The van der Waals surface area contributed by atoms with Crippen LogP contribution in [0, 0.1) is 10.1 Å². The van der Waals surface area contributed by atoms with Crippen molar-refractivity contribution in [2.75, 3.05) is 6.54 Å². The lowest BCUT2D eigenvalue weighted by atomic mass is 10.1. The van der Waals surface area contributed by atoms with E-state index in [0.29, 0.717) is 24.7 Å². The van der Waals surface area contributed by atoms with Gasteiger partial charge in [-0.3, -0.25) is 4.79 Å². The Labute approximate surface area is 126 Å². The molecule has 1 atom stereocenters. The first kappa shape index (κ1) is 17.1. The fourth-order valence-electron chi connectivity index (χ4n) is 1.66. The van der Waals surface area contributed by atoms with Gasteiger partial charge in [0, 0.05) is 12.1 Å². The van der Waals surface area contributed by atoms with Crippen molar-refractivity contribution in [2.24, 2.45) is 10.7 Å². The van der Waals surface area contributed by atoms with Gasteiger partial charge in [0.25, 0.3) is 11.9 Å². The Kier molecular flexibility index (Phi) is 7.03. The summed E-state index contributed by atoms with van der Waals surface area (Å²) >= 11 is 0. The van der Waals surface area contributed by atoms with Gasteiger partial charge in [-0.15, -0.1) is 0 Å². The summed E-state index contributed by atoms with van der Waals surface area (Å²) in [5.74, 6) is -0.642. The molecule has 0 aliphatic carbocycles. The van der Waals surface area contributed by atoms with E-state index in [1.54, 1.807) is 35.8 Å². The second-order valence-electron chi connectivity index (χ2n) is 4.36. The van der Waals surface area contributed by atoms with Gasteiger partial charge in [-0.1, -0.05) is 23.6 Å². The number of carbonyl (C=O) groups is 2. The maximum absolute atomic E-state index is 11.9. The minimum absolute atomic E-state index is 0.207. The third kappa shape index (κ3) is 6.46. The van der Waals surface area contributed by atoms with Crippen LogP contribution in [0.25, 0.3) is 0 Å². The maximum Gasteiger partial charge on any atom is 0.251 e. The summed E-state index contributed by atoms with van der Waals surface area (Å²) in [5, 5.41) is 11.9. The molecule has 0 aromatic heterocycles. The molecule has 0 fully saturated rings. The highest BCUT2D eigenvalue weighted by Crippen LogP contribution is 2.01. The minimum atomic E-state index is -0.812. The molecule has 9 heteroatoms. The van der Waals surface area contributed by atoms with E-state index in [1.165, 1.54) is 0 Å². The molecular weight excluding hydrogens is 290 g/mol. The minimum Gasteiger partial charge on any atom is -0.365 e. The van der Waals surface area contributed by atoms with Gasteiger partial charge in [-0.25, -0.2) is 15.1 Å². The fraction of sp³-hybridized carbons (Fsp3) is 0.308. The Balaban J connectivity index is 2.38. The van der Waals surface area contributed by atoms with Gasteiger partial charge in [0.2, 0.25) is 0 Å². The Morgan fingerprint density at radius 1 is 1.41 bits per heavy atom. The monoisotopic (exact) mass is 307 g/mol. The molecule has 4 N–H and O–H groups in total. The molecular formula is C13H17N5O4. The highest BCUT2D eigenvalue weighted by molar-refractivity contribution is 5.95. The predicted molar refractivity (Wildman–Crippen MR) is 79.6 cm³/mol. The zero-order chi connectivity index (χ0) is 16.4. The topological polar surface area (TPSA) is 140 Å². The number of rotatable bonds is 8. The van der Waals surface area contributed by atoms with Crippen LogP contribution in [0.1, 0.15) is 23.2 Å². The van der Waals surface area contributed by atoms with Crippen LogP contribution >= 0.6 is 0 Å². The van der Waals surface area contributed by atoms with Crippen molar-refractivity contribution < 1.29 is 14.6 Å². The van der Waals surface area contributed by atoms with Gasteiger partial charge in [0.1, 0.15) is 6.29 Å². The van der Waals surface area contributed by atoms with Crippen molar-refractivity contribution >= 4 is 18.2 Å². The predicted octanol–water partition coefficient (Wildman–Crippen LogP) is -0.140. The van der Waals surface area contributed by atoms with Gasteiger partial charge >= 0.3 is 0 Å². The molecule has 1 aromatic carbocycles. The first-order chi connectivity index (χ1) is 10.5. The van der Waals surface area contributed by atoms with Crippen LogP contribution < -0.4 is 16.5 Å². The Hall–Kier alpha value is -2.97. The standard InChI is InChI=1S/C13H17N5O4/c14-13(17-18(21)22)15-8-4-7-11(9-19)16-12(20)10-5-2-1-3-6-10/h1-3,5-6,9,11H,4,7-8H2,(H,16,20)(H3,14,15,17). The lowest BCUT2D eigenvalue weighted by Gasteiger charge is -2.12. The third-order valence-corrected chi connectivity index (χ3v) is 2.68. The normalized spacial score (nSPS) is 12.3. The van der Waals surface area contributed by atoms with E-state index in [1.807, 2.05) is 0 Å². The van der Waals surface area contributed by atoms with Crippen LogP contribution in [-0.2, 0) is 4.79 Å². The molecule has 0 aliphatic heterocycles. The molecule has 0 saturated heterocycles. The summed E-state index contributed by atoms with van der Waals surface area (Å²) in [5.41, 5.74) is 7.41. The highest BCUT2D eigenvalue weighted by Gasteiger charge is 2.12. The lowest BCUT2D eigenvalue weighted by molar-refractivity contribution is -0.525. The second-order valence-corrected chi connectivity index (χ2v) is 4.36. The quantitative estimate of drug-likeness (QED) is 0.152. The number of nitro groups is 1. The largest absolute Gasteiger partial charge is 0.365 e. The number of hydrogen-bond acceptors (Lipinski definition) is 5. The molecule has 9 nitrogen and oxygen atoms in total. The van der Waals surface area contributed by atoms with Crippen molar-refractivity contribution in [3.63, 3.8) is 0 Å². The Bertz CT molecular complexity index is 547.